The molecule has 0 atom stereocenters. The number of amides is 1. The van der Waals surface area contributed by atoms with Crippen LogP contribution < -0.4 is 11.1 Å². The first-order valence-corrected chi connectivity index (χ1v) is 6.63. The summed E-state index contributed by atoms with van der Waals surface area (Å²) in [4.78, 5) is 15.9. The van der Waals surface area contributed by atoms with E-state index in [1.165, 1.54) is 12.3 Å². The zero-order valence-corrected chi connectivity index (χ0v) is 12.4. The number of nitrogen functional groups attached to an aromatic ring is 1. The Morgan fingerprint density at radius 1 is 1.42 bits per heavy atom. The van der Waals surface area contributed by atoms with E-state index in [-0.39, 0.29) is 5.91 Å². The molecule has 0 fully saturated rings. The number of carbonyl (C=O) groups is 1. The molecule has 0 spiro atoms. The second-order valence-electron chi connectivity index (χ2n) is 4.00. The largest absolute Gasteiger partial charge is 0.384 e. The fourth-order valence-electron chi connectivity index (χ4n) is 1.53. The molecule has 0 aliphatic rings. The van der Waals surface area contributed by atoms with Gasteiger partial charge in [0.15, 0.2) is 0 Å². The van der Waals surface area contributed by atoms with E-state index in [0.29, 0.717) is 22.1 Å². The molecule has 1 aromatic carbocycles. The summed E-state index contributed by atoms with van der Waals surface area (Å²) in [6, 6.07) is 6.65. The molecule has 1 heterocycles. The van der Waals surface area contributed by atoms with Crippen LogP contribution in [0.4, 0.5) is 11.5 Å². The predicted octanol–water partition coefficient (Wildman–Crippen LogP) is 3.64. The fraction of sp³-hybridized carbons (Fsp3) is 0.0769. The highest BCUT2D eigenvalue weighted by atomic mass is 79.9. The van der Waals surface area contributed by atoms with Crippen LogP contribution in [0.25, 0.3) is 0 Å². The van der Waals surface area contributed by atoms with Gasteiger partial charge in [0.1, 0.15) is 5.82 Å². The maximum Gasteiger partial charge on any atom is 0.255 e. The van der Waals surface area contributed by atoms with Crippen molar-refractivity contribution >= 4 is 44.9 Å². The number of nitrogens with two attached hydrogens (primary N) is 1. The van der Waals surface area contributed by atoms with Crippen molar-refractivity contribution in [1.29, 1.82) is 0 Å². The van der Waals surface area contributed by atoms with E-state index in [1.807, 2.05) is 13.0 Å². The molecule has 6 heteroatoms. The summed E-state index contributed by atoms with van der Waals surface area (Å²) < 4.78 is 0.768. The van der Waals surface area contributed by atoms with E-state index < -0.39 is 0 Å². The topological polar surface area (TPSA) is 68.0 Å². The summed E-state index contributed by atoms with van der Waals surface area (Å²) in [6.45, 7) is 1.89. The lowest BCUT2D eigenvalue weighted by Crippen LogP contribution is -2.13. The molecule has 3 N–H and O–H groups in total. The van der Waals surface area contributed by atoms with E-state index >= 15 is 0 Å². The van der Waals surface area contributed by atoms with Crippen molar-refractivity contribution in [2.75, 3.05) is 11.1 Å². The summed E-state index contributed by atoms with van der Waals surface area (Å²) in [7, 11) is 0. The summed E-state index contributed by atoms with van der Waals surface area (Å²) >= 11 is 9.42. The van der Waals surface area contributed by atoms with E-state index in [2.05, 4.69) is 26.2 Å². The normalized spacial score (nSPS) is 10.3. The Kier molecular flexibility index (Phi) is 4.07. The third-order valence-electron chi connectivity index (χ3n) is 2.54. The molecule has 0 saturated heterocycles. The predicted molar refractivity (Wildman–Crippen MR) is 80.5 cm³/mol. The van der Waals surface area contributed by atoms with Gasteiger partial charge in [-0.1, -0.05) is 11.6 Å². The third-order valence-corrected chi connectivity index (χ3v) is 3.60. The zero-order valence-electron chi connectivity index (χ0n) is 10.1. The first-order chi connectivity index (χ1) is 8.97. The Morgan fingerprint density at radius 3 is 2.84 bits per heavy atom. The molecule has 0 radical (unpaired) electrons. The maximum absolute atomic E-state index is 12.1. The molecular formula is C13H11BrClN3O. The summed E-state index contributed by atoms with van der Waals surface area (Å²) in [5.74, 6) is 0.0309. The van der Waals surface area contributed by atoms with Gasteiger partial charge in [0.25, 0.3) is 5.91 Å². The van der Waals surface area contributed by atoms with Gasteiger partial charge in [0.05, 0.1) is 5.69 Å². The Hall–Kier alpha value is -1.59. The van der Waals surface area contributed by atoms with E-state index in [0.717, 1.165) is 10.0 Å². The number of aromatic nitrogens is 1. The number of rotatable bonds is 2. The van der Waals surface area contributed by atoms with Crippen LogP contribution in [-0.2, 0) is 0 Å². The fourth-order valence-corrected chi connectivity index (χ4v) is 2.25. The van der Waals surface area contributed by atoms with Crippen molar-refractivity contribution in [1.82, 2.24) is 4.98 Å². The molecule has 0 aliphatic heterocycles. The highest BCUT2D eigenvalue weighted by Gasteiger charge is 2.10. The molecule has 1 aromatic heterocycles. The van der Waals surface area contributed by atoms with E-state index in [1.54, 1.807) is 12.1 Å². The quantitative estimate of drug-likeness (QED) is 0.877. The Bertz CT molecular complexity index is 646. The summed E-state index contributed by atoms with van der Waals surface area (Å²) in [5.41, 5.74) is 7.52. The number of aryl methyl sites for hydroxylation is 1. The number of hydrogen-bond acceptors (Lipinski definition) is 3. The smallest absolute Gasteiger partial charge is 0.255 e. The van der Waals surface area contributed by atoms with Gasteiger partial charge in [-0.05, 0) is 52.7 Å². The minimum Gasteiger partial charge on any atom is -0.384 e. The first kappa shape index (κ1) is 13.8. The van der Waals surface area contributed by atoms with Crippen LogP contribution in [0.15, 0.2) is 34.9 Å². The van der Waals surface area contributed by atoms with Gasteiger partial charge in [-0.3, -0.25) is 4.79 Å². The number of benzene rings is 1. The zero-order chi connectivity index (χ0) is 14.0. The highest BCUT2D eigenvalue weighted by molar-refractivity contribution is 9.10. The lowest BCUT2D eigenvalue weighted by Gasteiger charge is -2.09. The lowest BCUT2D eigenvalue weighted by atomic mass is 10.2. The van der Waals surface area contributed by atoms with Gasteiger partial charge in [0.2, 0.25) is 0 Å². The van der Waals surface area contributed by atoms with Crippen molar-refractivity contribution in [3.05, 3.63) is 51.1 Å². The monoisotopic (exact) mass is 339 g/mol. The maximum atomic E-state index is 12.1. The van der Waals surface area contributed by atoms with Crippen LogP contribution in [0.2, 0.25) is 5.02 Å². The van der Waals surface area contributed by atoms with Crippen LogP contribution in [0, 0.1) is 6.92 Å². The number of carbonyl (C=O) groups excluding carboxylic acids is 1. The van der Waals surface area contributed by atoms with E-state index in [9.17, 15) is 4.79 Å². The minimum atomic E-state index is -0.269. The first-order valence-electron chi connectivity index (χ1n) is 5.46. The number of nitrogens with one attached hydrogen (secondary N) is 1. The van der Waals surface area contributed by atoms with Crippen LogP contribution in [0.5, 0.6) is 0 Å². The number of pyridine rings is 1. The van der Waals surface area contributed by atoms with Gasteiger partial charge in [-0.25, -0.2) is 4.98 Å². The average Bonchev–Trinajstić information content (AvgIpc) is 2.36. The SMILES string of the molecule is Cc1cc(Br)c(NC(=O)c2ccnc(N)c2)cc1Cl. The summed E-state index contributed by atoms with van der Waals surface area (Å²) in [5, 5.41) is 3.36. The van der Waals surface area contributed by atoms with Crippen molar-refractivity contribution < 1.29 is 4.79 Å². The number of nitrogens with zero attached hydrogens (tertiary/aromatic N) is 1. The van der Waals surface area contributed by atoms with Crippen LogP contribution in [-0.4, -0.2) is 10.9 Å². The molecule has 98 valence electrons. The van der Waals surface area contributed by atoms with Gasteiger partial charge in [-0.15, -0.1) is 0 Å². The molecule has 0 bridgehead atoms. The van der Waals surface area contributed by atoms with Crippen molar-refractivity contribution in [2.45, 2.75) is 6.92 Å². The Labute approximate surface area is 124 Å². The molecule has 2 rings (SSSR count). The van der Waals surface area contributed by atoms with Crippen molar-refractivity contribution in [3.63, 3.8) is 0 Å². The Morgan fingerprint density at radius 2 is 2.16 bits per heavy atom. The van der Waals surface area contributed by atoms with E-state index in [4.69, 9.17) is 17.3 Å². The molecule has 1 amide bonds. The van der Waals surface area contributed by atoms with Crippen molar-refractivity contribution in [3.8, 4) is 0 Å². The van der Waals surface area contributed by atoms with Crippen LogP contribution >= 0.6 is 27.5 Å². The van der Waals surface area contributed by atoms with Gasteiger partial charge in [-0.2, -0.15) is 0 Å². The van der Waals surface area contributed by atoms with Crippen LogP contribution in [0.3, 0.4) is 0 Å². The molecule has 2 aromatic rings. The molecule has 0 aliphatic carbocycles. The summed E-state index contributed by atoms with van der Waals surface area (Å²) in [6.07, 6.45) is 1.49. The average molecular weight is 341 g/mol. The number of halogens is 2. The standard InChI is InChI=1S/C13H11BrClN3O/c1-7-4-9(14)11(6-10(7)15)18-13(19)8-2-3-17-12(16)5-8/h2-6H,1H3,(H2,16,17)(H,18,19). The lowest BCUT2D eigenvalue weighted by molar-refractivity contribution is 0.102. The molecule has 19 heavy (non-hydrogen) atoms. The second kappa shape index (κ2) is 5.59. The van der Waals surface area contributed by atoms with Gasteiger partial charge < -0.3 is 11.1 Å². The van der Waals surface area contributed by atoms with Gasteiger partial charge >= 0.3 is 0 Å². The Balaban J connectivity index is 2.27. The molecular weight excluding hydrogens is 330 g/mol. The number of hydrogen-bond donors (Lipinski definition) is 2. The highest BCUT2D eigenvalue weighted by Crippen LogP contribution is 2.29. The van der Waals surface area contributed by atoms with Crippen molar-refractivity contribution in [2.24, 2.45) is 0 Å². The van der Waals surface area contributed by atoms with Gasteiger partial charge in [0, 0.05) is 21.3 Å². The third kappa shape index (κ3) is 3.24. The second-order valence-corrected chi connectivity index (χ2v) is 5.27. The molecule has 0 saturated carbocycles. The molecule has 0 unspecified atom stereocenters. The number of anilines is 2. The minimum absolute atomic E-state index is 0.269. The molecule has 4 nitrogen and oxygen atoms in total. The van der Waals surface area contributed by atoms with Crippen LogP contribution in [0.1, 0.15) is 15.9 Å².